The highest BCUT2D eigenvalue weighted by Crippen LogP contribution is 2.25. The minimum Gasteiger partial charge on any atom is -0.497 e. The number of aromatic nitrogens is 1. The average Bonchev–Trinajstić information content (AvgIpc) is 3.07. The highest BCUT2D eigenvalue weighted by Gasteiger charge is 2.12. The third-order valence-corrected chi connectivity index (χ3v) is 5.85. The van der Waals surface area contributed by atoms with E-state index in [9.17, 15) is 4.79 Å². The summed E-state index contributed by atoms with van der Waals surface area (Å²) in [6.07, 6.45) is 2.06. The molecule has 1 aromatic heterocycles. The lowest BCUT2D eigenvalue weighted by atomic mass is 10.2. The largest absolute Gasteiger partial charge is 0.497 e. The van der Waals surface area contributed by atoms with E-state index in [-0.39, 0.29) is 5.91 Å². The number of hydrogen-bond donors (Lipinski definition) is 0. The SMILES string of the molecule is COc1cc(OC)cc(C(=O)N=c2sc3ccc(OC)cc3n2CCSC)c1. The first-order valence-electron chi connectivity index (χ1n) is 8.58. The third kappa shape index (κ3) is 4.34. The van der Waals surface area contributed by atoms with E-state index in [1.807, 2.05) is 18.2 Å². The minimum absolute atomic E-state index is 0.339. The lowest BCUT2D eigenvalue weighted by Crippen LogP contribution is -2.18. The number of rotatable bonds is 7. The molecule has 3 aromatic rings. The topological polar surface area (TPSA) is 62.1 Å². The van der Waals surface area contributed by atoms with Crippen LogP contribution in [0, 0.1) is 0 Å². The lowest BCUT2D eigenvalue weighted by Gasteiger charge is -2.07. The van der Waals surface area contributed by atoms with E-state index in [1.54, 1.807) is 51.3 Å². The molecule has 0 fully saturated rings. The first-order chi connectivity index (χ1) is 13.6. The van der Waals surface area contributed by atoms with Gasteiger partial charge in [-0.2, -0.15) is 16.8 Å². The first-order valence-corrected chi connectivity index (χ1v) is 10.8. The van der Waals surface area contributed by atoms with Crippen molar-refractivity contribution in [2.24, 2.45) is 4.99 Å². The fourth-order valence-corrected chi connectivity index (χ4v) is 4.14. The number of carbonyl (C=O) groups excluding carboxylic acids is 1. The van der Waals surface area contributed by atoms with E-state index < -0.39 is 0 Å². The van der Waals surface area contributed by atoms with Crippen molar-refractivity contribution in [3.63, 3.8) is 0 Å². The molecule has 0 aliphatic carbocycles. The molecule has 0 bridgehead atoms. The molecule has 0 spiro atoms. The average molecular weight is 419 g/mol. The molecule has 0 saturated heterocycles. The van der Waals surface area contributed by atoms with Crippen molar-refractivity contribution in [1.82, 2.24) is 4.57 Å². The highest BCUT2D eigenvalue weighted by atomic mass is 32.2. The van der Waals surface area contributed by atoms with Gasteiger partial charge in [0, 0.05) is 30.0 Å². The van der Waals surface area contributed by atoms with Gasteiger partial charge in [0.05, 0.1) is 31.5 Å². The lowest BCUT2D eigenvalue weighted by molar-refractivity contribution is 0.0997. The number of fused-ring (bicyclic) bond motifs is 1. The molecular formula is C20H22N2O4S2. The number of ether oxygens (including phenoxy) is 3. The van der Waals surface area contributed by atoms with Crippen LogP contribution >= 0.6 is 23.1 Å². The zero-order valence-corrected chi connectivity index (χ0v) is 17.9. The number of thiazole rings is 1. The van der Waals surface area contributed by atoms with Crippen LogP contribution in [0.2, 0.25) is 0 Å². The van der Waals surface area contributed by atoms with Crippen LogP contribution in [0.4, 0.5) is 0 Å². The Kier molecular flexibility index (Phi) is 6.64. The summed E-state index contributed by atoms with van der Waals surface area (Å²) in [5.41, 5.74) is 1.43. The number of nitrogens with zero attached hydrogens (tertiary/aromatic N) is 2. The fourth-order valence-electron chi connectivity index (χ4n) is 2.74. The Bertz CT molecular complexity index is 1030. The Labute approximate surface area is 171 Å². The molecule has 0 atom stereocenters. The Morgan fingerprint density at radius 2 is 1.71 bits per heavy atom. The van der Waals surface area contributed by atoms with Crippen molar-refractivity contribution in [1.29, 1.82) is 0 Å². The Morgan fingerprint density at radius 3 is 2.32 bits per heavy atom. The summed E-state index contributed by atoms with van der Waals surface area (Å²) in [6.45, 7) is 0.752. The Balaban J connectivity index is 2.11. The van der Waals surface area contributed by atoms with Gasteiger partial charge in [0.2, 0.25) is 0 Å². The number of methoxy groups -OCH3 is 3. The van der Waals surface area contributed by atoms with E-state index in [1.165, 1.54) is 11.3 Å². The molecule has 8 heteroatoms. The smallest absolute Gasteiger partial charge is 0.279 e. The second-order valence-corrected chi connectivity index (χ2v) is 7.88. The van der Waals surface area contributed by atoms with Crippen molar-refractivity contribution < 1.29 is 19.0 Å². The zero-order valence-electron chi connectivity index (χ0n) is 16.2. The van der Waals surface area contributed by atoms with Gasteiger partial charge in [-0.15, -0.1) is 0 Å². The van der Waals surface area contributed by atoms with Gasteiger partial charge in [-0.05, 0) is 30.5 Å². The van der Waals surface area contributed by atoms with E-state index in [2.05, 4.69) is 15.8 Å². The van der Waals surface area contributed by atoms with E-state index >= 15 is 0 Å². The molecule has 0 aliphatic heterocycles. The van der Waals surface area contributed by atoms with Crippen molar-refractivity contribution in [2.45, 2.75) is 6.54 Å². The van der Waals surface area contributed by atoms with Gasteiger partial charge in [-0.25, -0.2) is 0 Å². The molecule has 1 amide bonds. The van der Waals surface area contributed by atoms with Gasteiger partial charge in [0.25, 0.3) is 5.91 Å². The van der Waals surface area contributed by atoms with Crippen LogP contribution < -0.4 is 19.0 Å². The van der Waals surface area contributed by atoms with Gasteiger partial charge in [-0.3, -0.25) is 4.79 Å². The summed E-state index contributed by atoms with van der Waals surface area (Å²) >= 11 is 3.23. The van der Waals surface area contributed by atoms with Crippen LogP contribution in [-0.4, -0.2) is 43.8 Å². The molecule has 6 nitrogen and oxygen atoms in total. The summed E-state index contributed by atoms with van der Waals surface area (Å²) < 4.78 is 19.0. The second kappa shape index (κ2) is 9.16. The Morgan fingerprint density at radius 1 is 1.04 bits per heavy atom. The van der Waals surface area contributed by atoms with E-state index in [0.717, 1.165) is 28.3 Å². The predicted molar refractivity (Wildman–Crippen MR) is 114 cm³/mol. The maximum absolute atomic E-state index is 12.9. The van der Waals surface area contributed by atoms with E-state index in [4.69, 9.17) is 14.2 Å². The molecule has 1 heterocycles. The van der Waals surface area contributed by atoms with Crippen molar-refractivity contribution in [3.05, 3.63) is 46.8 Å². The third-order valence-electron chi connectivity index (χ3n) is 4.20. The number of aryl methyl sites for hydroxylation is 1. The minimum atomic E-state index is -0.339. The summed E-state index contributed by atoms with van der Waals surface area (Å²) in [7, 11) is 4.75. The Hall–Kier alpha value is -2.45. The van der Waals surface area contributed by atoms with Crippen molar-refractivity contribution >= 4 is 39.2 Å². The molecule has 148 valence electrons. The highest BCUT2D eigenvalue weighted by molar-refractivity contribution is 7.98. The van der Waals surface area contributed by atoms with Crippen molar-refractivity contribution in [3.8, 4) is 17.2 Å². The summed E-state index contributed by atoms with van der Waals surface area (Å²) in [5, 5.41) is 0. The van der Waals surface area contributed by atoms with Gasteiger partial charge in [-0.1, -0.05) is 11.3 Å². The predicted octanol–water partition coefficient (Wildman–Crippen LogP) is 3.83. The van der Waals surface area contributed by atoms with Crippen LogP contribution in [0.3, 0.4) is 0 Å². The van der Waals surface area contributed by atoms with Crippen LogP contribution in [-0.2, 0) is 6.54 Å². The first kappa shape index (κ1) is 20.3. The fraction of sp³-hybridized carbons (Fsp3) is 0.300. The number of carbonyl (C=O) groups is 1. The number of amides is 1. The number of benzene rings is 2. The van der Waals surface area contributed by atoms with Crippen LogP contribution in [0.25, 0.3) is 10.2 Å². The molecule has 28 heavy (non-hydrogen) atoms. The van der Waals surface area contributed by atoms with Crippen LogP contribution in [0.5, 0.6) is 17.2 Å². The van der Waals surface area contributed by atoms with Gasteiger partial charge in [0.15, 0.2) is 4.80 Å². The quantitative estimate of drug-likeness (QED) is 0.584. The van der Waals surface area contributed by atoms with E-state index in [0.29, 0.717) is 21.9 Å². The standard InChI is InChI=1S/C20H22N2O4S2/c1-24-14-5-6-18-17(12-14)22(7-8-27-4)20(28-18)21-19(23)13-9-15(25-2)11-16(10-13)26-3/h5-6,9-12H,7-8H2,1-4H3. The molecular weight excluding hydrogens is 396 g/mol. The molecule has 0 N–H and O–H groups in total. The van der Waals surface area contributed by atoms with Gasteiger partial charge in [0.1, 0.15) is 17.2 Å². The molecule has 2 aromatic carbocycles. The normalized spacial score (nSPS) is 11.6. The maximum atomic E-state index is 12.9. The molecule has 0 unspecified atom stereocenters. The molecule has 0 aliphatic rings. The molecule has 0 saturated carbocycles. The van der Waals surface area contributed by atoms with Crippen molar-refractivity contribution in [2.75, 3.05) is 33.3 Å². The summed E-state index contributed by atoms with van der Waals surface area (Å²) in [6, 6.07) is 10.9. The van der Waals surface area contributed by atoms with Gasteiger partial charge >= 0.3 is 0 Å². The second-order valence-electron chi connectivity index (χ2n) is 5.88. The number of hydrogen-bond acceptors (Lipinski definition) is 6. The number of thioether (sulfide) groups is 1. The van der Waals surface area contributed by atoms with Crippen LogP contribution in [0.15, 0.2) is 41.4 Å². The van der Waals surface area contributed by atoms with Gasteiger partial charge < -0.3 is 18.8 Å². The summed E-state index contributed by atoms with van der Waals surface area (Å²) in [5.74, 6) is 2.45. The zero-order chi connectivity index (χ0) is 20.1. The maximum Gasteiger partial charge on any atom is 0.279 e. The summed E-state index contributed by atoms with van der Waals surface area (Å²) in [4.78, 5) is 17.9. The van der Waals surface area contributed by atoms with Crippen LogP contribution in [0.1, 0.15) is 10.4 Å². The molecule has 0 radical (unpaired) electrons. The monoisotopic (exact) mass is 418 g/mol. The molecule has 3 rings (SSSR count).